The number of esters is 1. The van der Waals surface area contributed by atoms with E-state index in [4.69, 9.17) is 10.5 Å². The van der Waals surface area contributed by atoms with Crippen molar-refractivity contribution in [1.29, 1.82) is 0 Å². The average Bonchev–Trinajstić information content (AvgIpc) is 3.23. The molecule has 4 nitrogen and oxygen atoms in total. The topological polar surface area (TPSA) is 68.1 Å². The van der Waals surface area contributed by atoms with Crippen molar-refractivity contribution in [3.8, 4) is 0 Å². The Labute approximate surface area is 231 Å². The SMILES string of the molecule is CCCCCCCCCCCCCCCCCCOC(=O)[C@@H](N)Cc1c[nH]c2ccccc12.[H-].[Na+]. The quantitative estimate of drug-likeness (QED) is 0.160. The zero-order valence-electron chi connectivity index (χ0n) is 23.1. The normalized spacial score (nSPS) is 11.9. The fourth-order valence-electron chi connectivity index (χ4n) is 4.55. The first-order valence-electron chi connectivity index (χ1n) is 13.7. The van der Waals surface area contributed by atoms with Crippen molar-refractivity contribution in [1.82, 2.24) is 4.98 Å². The Morgan fingerprint density at radius 1 is 0.853 bits per heavy atom. The Morgan fingerprint density at radius 3 is 1.91 bits per heavy atom. The summed E-state index contributed by atoms with van der Waals surface area (Å²) in [5, 5.41) is 1.12. The minimum Gasteiger partial charge on any atom is -1.00 e. The molecule has 0 aliphatic rings. The van der Waals surface area contributed by atoms with Crippen LogP contribution >= 0.6 is 0 Å². The fourth-order valence-corrected chi connectivity index (χ4v) is 4.55. The smallest absolute Gasteiger partial charge is 1.00 e. The van der Waals surface area contributed by atoms with Crippen LogP contribution in [0.25, 0.3) is 10.9 Å². The van der Waals surface area contributed by atoms with Crippen molar-refractivity contribution in [2.75, 3.05) is 6.61 Å². The van der Waals surface area contributed by atoms with E-state index in [1.165, 1.54) is 89.9 Å². The average molecular weight is 481 g/mol. The second-order valence-corrected chi connectivity index (χ2v) is 9.64. The monoisotopic (exact) mass is 480 g/mol. The van der Waals surface area contributed by atoms with E-state index in [1.54, 1.807) is 0 Å². The van der Waals surface area contributed by atoms with E-state index < -0.39 is 6.04 Å². The molecule has 0 aliphatic heterocycles. The number of carbonyl (C=O) groups excluding carboxylic acids is 1. The summed E-state index contributed by atoms with van der Waals surface area (Å²) in [5.74, 6) is -0.291. The third-order valence-corrected chi connectivity index (χ3v) is 6.66. The van der Waals surface area contributed by atoms with Crippen LogP contribution in [0, 0.1) is 0 Å². The Balaban J connectivity index is 0.00000578. The van der Waals surface area contributed by atoms with Crippen molar-refractivity contribution in [2.45, 2.75) is 122 Å². The predicted octanol–water partition coefficient (Wildman–Crippen LogP) is 4.96. The number of fused-ring (bicyclic) bond motifs is 1. The number of aromatic amines is 1. The number of benzene rings is 1. The number of unbranched alkanes of at least 4 members (excludes halogenated alkanes) is 15. The summed E-state index contributed by atoms with van der Waals surface area (Å²) in [6.45, 7) is 2.77. The minimum atomic E-state index is -0.606. The maximum atomic E-state index is 12.2. The fraction of sp³-hybridized carbons (Fsp3) is 0.690. The van der Waals surface area contributed by atoms with Gasteiger partial charge in [-0.3, -0.25) is 4.79 Å². The first-order chi connectivity index (χ1) is 16.2. The van der Waals surface area contributed by atoms with Gasteiger partial charge in [-0.25, -0.2) is 0 Å². The first-order valence-corrected chi connectivity index (χ1v) is 13.7. The molecule has 0 radical (unpaired) electrons. The summed E-state index contributed by atoms with van der Waals surface area (Å²) >= 11 is 0. The minimum absolute atomic E-state index is 0. The van der Waals surface area contributed by atoms with Crippen molar-refractivity contribution >= 4 is 16.9 Å². The van der Waals surface area contributed by atoms with Gasteiger partial charge in [0.2, 0.25) is 0 Å². The molecular formula is C29H49N2NaO2. The molecule has 0 saturated heterocycles. The molecular weight excluding hydrogens is 431 g/mol. The molecule has 0 bridgehead atoms. The van der Waals surface area contributed by atoms with Crippen LogP contribution in [0.4, 0.5) is 0 Å². The second kappa shape index (κ2) is 20.4. The molecule has 2 aromatic rings. The second-order valence-electron chi connectivity index (χ2n) is 9.64. The zero-order chi connectivity index (χ0) is 23.6. The van der Waals surface area contributed by atoms with Crippen LogP contribution in [0.15, 0.2) is 30.5 Å². The summed E-state index contributed by atoms with van der Waals surface area (Å²) in [7, 11) is 0. The molecule has 1 atom stereocenters. The van der Waals surface area contributed by atoms with E-state index in [0.29, 0.717) is 13.0 Å². The summed E-state index contributed by atoms with van der Waals surface area (Å²) in [5.41, 5.74) is 8.22. The summed E-state index contributed by atoms with van der Waals surface area (Å²) in [6, 6.07) is 7.47. The Morgan fingerprint density at radius 2 is 1.35 bits per heavy atom. The van der Waals surface area contributed by atoms with Crippen molar-refractivity contribution in [2.24, 2.45) is 5.73 Å². The van der Waals surface area contributed by atoms with E-state index in [2.05, 4.69) is 18.0 Å². The van der Waals surface area contributed by atoms with E-state index >= 15 is 0 Å². The third-order valence-electron chi connectivity index (χ3n) is 6.66. The van der Waals surface area contributed by atoms with Gasteiger partial charge in [0.25, 0.3) is 0 Å². The molecule has 1 heterocycles. The number of H-pyrrole nitrogens is 1. The number of aromatic nitrogens is 1. The van der Waals surface area contributed by atoms with Gasteiger partial charge in [0.1, 0.15) is 6.04 Å². The number of ether oxygens (including phenoxy) is 1. The predicted molar refractivity (Wildman–Crippen MR) is 142 cm³/mol. The van der Waals surface area contributed by atoms with Crippen LogP contribution in [0.2, 0.25) is 0 Å². The summed E-state index contributed by atoms with van der Waals surface area (Å²) in [4.78, 5) is 15.4. The summed E-state index contributed by atoms with van der Waals surface area (Å²) in [6.07, 6.45) is 23.9. The van der Waals surface area contributed by atoms with Crippen LogP contribution in [-0.4, -0.2) is 23.6 Å². The molecule has 2 rings (SSSR count). The molecule has 1 aromatic heterocycles. The standard InChI is InChI=1S/C29H48N2O2.Na.H/c1-2-3-4-5-6-7-8-9-10-11-12-13-14-15-16-19-22-33-29(32)27(30)23-25-24-31-28-21-18-17-20-26(25)28;;/h17-18,20-21,24,27,31H,2-16,19,22-23,30H2,1H3;;/q;+1;-1/t27-;;/m0../s1. The zero-order valence-corrected chi connectivity index (χ0v) is 24.1. The molecule has 188 valence electrons. The molecule has 3 N–H and O–H groups in total. The third kappa shape index (κ3) is 13.3. The van der Waals surface area contributed by atoms with Gasteiger partial charge in [-0.05, 0) is 18.1 Å². The molecule has 34 heavy (non-hydrogen) atoms. The molecule has 0 saturated carbocycles. The van der Waals surface area contributed by atoms with Crippen LogP contribution in [0.3, 0.4) is 0 Å². The van der Waals surface area contributed by atoms with E-state index in [-0.39, 0.29) is 37.0 Å². The van der Waals surface area contributed by atoms with Gasteiger partial charge >= 0.3 is 35.5 Å². The molecule has 1 aromatic carbocycles. The van der Waals surface area contributed by atoms with E-state index in [0.717, 1.165) is 29.3 Å². The van der Waals surface area contributed by atoms with Gasteiger partial charge in [-0.1, -0.05) is 121 Å². The molecule has 5 heteroatoms. The maximum Gasteiger partial charge on any atom is 1.00 e. The van der Waals surface area contributed by atoms with Crippen LogP contribution in [-0.2, 0) is 16.0 Å². The molecule has 0 fully saturated rings. The van der Waals surface area contributed by atoms with Gasteiger partial charge in [0.05, 0.1) is 6.61 Å². The Bertz CT molecular complexity index is 768. The van der Waals surface area contributed by atoms with Gasteiger partial charge in [-0.2, -0.15) is 0 Å². The molecule has 0 unspecified atom stereocenters. The van der Waals surface area contributed by atoms with Crippen LogP contribution in [0.1, 0.15) is 117 Å². The Hall–Kier alpha value is -0.810. The number of rotatable bonds is 20. The molecule has 0 amide bonds. The number of nitrogens with one attached hydrogen (secondary N) is 1. The first kappa shape index (κ1) is 31.2. The molecule has 0 spiro atoms. The van der Waals surface area contributed by atoms with Gasteiger partial charge in [-0.15, -0.1) is 0 Å². The molecule has 0 aliphatic carbocycles. The van der Waals surface area contributed by atoms with Crippen molar-refractivity contribution < 1.29 is 40.5 Å². The van der Waals surface area contributed by atoms with E-state index in [9.17, 15) is 4.79 Å². The van der Waals surface area contributed by atoms with Gasteiger partial charge in [0.15, 0.2) is 0 Å². The van der Waals surface area contributed by atoms with Crippen LogP contribution in [0.5, 0.6) is 0 Å². The maximum absolute atomic E-state index is 12.2. The van der Waals surface area contributed by atoms with Gasteiger partial charge in [0, 0.05) is 23.5 Å². The number of nitrogens with two attached hydrogens (primary N) is 1. The summed E-state index contributed by atoms with van der Waals surface area (Å²) < 4.78 is 5.41. The number of hydrogen-bond donors (Lipinski definition) is 2. The number of carbonyl (C=O) groups is 1. The Kier molecular flexibility index (Phi) is 18.7. The van der Waals surface area contributed by atoms with Crippen molar-refractivity contribution in [3.63, 3.8) is 0 Å². The van der Waals surface area contributed by atoms with Crippen LogP contribution < -0.4 is 35.3 Å². The van der Waals surface area contributed by atoms with E-state index in [1.807, 2.05) is 24.4 Å². The largest absolute Gasteiger partial charge is 1.00 e. The number of para-hydroxylation sites is 1. The van der Waals surface area contributed by atoms with Crippen molar-refractivity contribution in [3.05, 3.63) is 36.0 Å². The number of hydrogen-bond acceptors (Lipinski definition) is 3. The van der Waals surface area contributed by atoms with Gasteiger partial charge < -0.3 is 16.9 Å².